The van der Waals surface area contributed by atoms with Crippen LogP contribution in [-0.4, -0.2) is 51.0 Å². The number of para-hydroxylation sites is 2. The van der Waals surface area contributed by atoms with Gasteiger partial charge in [0.2, 0.25) is 0 Å². The van der Waals surface area contributed by atoms with Crippen molar-refractivity contribution in [2.24, 2.45) is 0 Å². The molecule has 0 radical (unpaired) electrons. The Morgan fingerprint density at radius 1 is 0.886 bits per heavy atom. The third kappa shape index (κ3) is 8.78. The van der Waals surface area contributed by atoms with Crippen molar-refractivity contribution >= 4 is 24.5 Å². The van der Waals surface area contributed by atoms with Crippen LogP contribution in [-0.2, 0) is 30.2 Å². The van der Waals surface area contributed by atoms with E-state index in [9.17, 15) is 9.59 Å². The van der Waals surface area contributed by atoms with Gasteiger partial charge in [-0.3, -0.25) is 0 Å². The molecule has 0 atom stereocenters. The molecular formula is C25H26BNO8. The monoisotopic (exact) mass is 479 g/mol. The lowest BCUT2D eigenvalue weighted by atomic mass is 9.79. The van der Waals surface area contributed by atoms with Crippen LogP contribution in [0.25, 0.3) is 0 Å². The predicted octanol–water partition coefficient (Wildman–Crippen LogP) is 2.59. The van der Waals surface area contributed by atoms with E-state index in [1.807, 2.05) is 54.6 Å². The van der Waals surface area contributed by atoms with Crippen LogP contribution >= 0.6 is 0 Å². The smallest absolute Gasteiger partial charge is 0.493 e. The molecule has 0 spiro atoms. The molecule has 35 heavy (non-hydrogen) atoms. The number of hydrogen-bond donors (Lipinski definition) is 2. The number of nitrogens with one attached hydrogen (secondary N) is 1. The molecular weight excluding hydrogens is 453 g/mol. The highest BCUT2D eigenvalue weighted by atomic mass is 16.7. The van der Waals surface area contributed by atoms with Crippen LogP contribution < -0.4 is 20.4 Å². The van der Waals surface area contributed by atoms with Crippen LogP contribution in [0.3, 0.4) is 0 Å². The quantitative estimate of drug-likeness (QED) is 0.205. The molecule has 3 aromatic rings. The number of benzene rings is 3. The fourth-order valence-corrected chi connectivity index (χ4v) is 3.06. The second-order valence-corrected chi connectivity index (χ2v) is 7.21. The van der Waals surface area contributed by atoms with Gasteiger partial charge in [-0.15, -0.1) is 0 Å². The van der Waals surface area contributed by atoms with E-state index in [1.165, 1.54) is 0 Å². The van der Waals surface area contributed by atoms with Crippen LogP contribution in [0, 0.1) is 0 Å². The van der Waals surface area contributed by atoms with Crippen LogP contribution in [0.15, 0.2) is 78.9 Å². The summed E-state index contributed by atoms with van der Waals surface area (Å²) in [5.74, 6) is 0.146. The predicted molar refractivity (Wildman–Crippen MR) is 129 cm³/mol. The lowest BCUT2D eigenvalue weighted by molar-refractivity contribution is -0.156. The van der Waals surface area contributed by atoms with E-state index in [1.54, 1.807) is 31.3 Å². The number of carbonyl (C=O) groups is 2. The zero-order valence-corrected chi connectivity index (χ0v) is 19.2. The zero-order chi connectivity index (χ0) is 24.9. The minimum atomic E-state index is -1.25. The molecule has 0 saturated heterocycles. The number of hydrogen-bond acceptors (Lipinski definition) is 8. The summed E-state index contributed by atoms with van der Waals surface area (Å²) in [6.07, 6.45) is 0.651. The van der Waals surface area contributed by atoms with Crippen molar-refractivity contribution in [3.05, 3.63) is 84.4 Å². The van der Waals surface area contributed by atoms with Gasteiger partial charge in [0.25, 0.3) is 0 Å². The Bertz CT molecular complexity index is 1080. The van der Waals surface area contributed by atoms with Gasteiger partial charge < -0.3 is 28.7 Å². The molecule has 0 heterocycles. The molecule has 0 bridgehead atoms. The van der Waals surface area contributed by atoms with Crippen molar-refractivity contribution in [1.82, 2.24) is 5.48 Å². The normalized spacial score (nSPS) is 10.4. The molecule has 9 nitrogen and oxygen atoms in total. The van der Waals surface area contributed by atoms with Crippen LogP contribution in [0.4, 0.5) is 0 Å². The van der Waals surface area contributed by atoms with Crippen molar-refractivity contribution in [3.8, 4) is 17.2 Å². The molecule has 0 unspecified atom stereocenters. The standard InChI is InChI=1S/C25H26BNO8/c1-27-35-26(33-18-25(30)32-17-24(28)29)20-11-13-21(14-12-20)31-16-15-19-7-5-6-10-23(19)34-22-8-3-2-4-9-22/h2-14,27H,15-18H2,1H3,(H,28,29). The highest BCUT2D eigenvalue weighted by Gasteiger charge is 2.23. The second-order valence-electron chi connectivity index (χ2n) is 7.21. The first kappa shape index (κ1) is 25.8. The van der Waals surface area contributed by atoms with Gasteiger partial charge in [-0.05, 0) is 41.4 Å². The molecule has 3 rings (SSSR count). The van der Waals surface area contributed by atoms with Gasteiger partial charge in [-0.25, -0.2) is 15.1 Å². The Kier molecular flexibility index (Phi) is 10.1. The summed E-state index contributed by atoms with van der Waals surface area (Å²) >= 11 is 0. The maximum absolute atomic E-state index is 11.6. The Morgan fingerprint density at radius 3 is 2.31 bits per heavy atom. The van der Waals surface area contributed by atoms with Crippen LogP contribution in [0.5, 0.6) is 17.2 Å². The fraction of sp³-hybridized carbons (Fsp3) is 0.200. The van der Waals surface area contributed by atoms with Gasteiger partial charge in [-0.1, -0.05) is 48.5 Å². The summed E-state index contributed by atoms with van der Waals surface area (Å²) in [5.41, 5.74) is 4.17. The van der Waals surface area contributed by atoms with E-state index >= 15 is 0 Å². The van der Waals surface area contributed by atoms with Crippen LogP contribution in [0.2, 0.25) is 0 Å². The summed E-state index contributed by atoms with van der Waals surface area (Å²) in [5, 5.41) is 8.56. The summed E-state index contributed by atoms with van der Waals surface area (Å²) in [7, 11) is 0.643. The summed E-state index contributed by atoms with van der Waals surface area (Å²) < 4.78 is 27.1. The molecule has 0 aromatic heterocycles. The molecule has 0 aliphatic rings. The van der Waals surface area contributed by atoms with Crippen molar-refractivity contribution in [1.29, 1.82) is 0 Å². The largest absolute Gasteiger partial charge is 0.511 e. The highest BCUT2D eigenvalue weighted by molar-refractivity contribution is 6.61. The van der Waals surface area contributed by atoms with E-state index in [0.29, 0.717) is 24.2 Å². The Balaban J connectivity index is 1.52. The first-order chi connectivity index (χ1) is 17.0. The third-order valence-corrected chi connectivity index (χ3v) is 4.67. The van der Waals surface area contributed by atoms with E-state index in [-0.39, 0.29) is 0 Å². The van der Waals surface area contributed by atoms with E-state index in [0.717, 1.165) is 17.1 Å². The first-order valence-electron chi connectivity index (χ1n) is 10.9. The Hall–Kier alpha value is -3.86. The van der Waals surface area contributed by atoms with E-state index < -0.39 is 32.3 Å². The number of carboxylic acid groups (broad SMARTS) is 1. The van der Waals surface area contributed by atoms with Gasteiger partial charge in [0.15, 0.2) is 6.61 Å². The summed E-state index contributed by atoms with van der Waals surface area (Å²) in [6.45, 7) is -0.756. The average molecular weight is 479 g/mol. The zero-order valence-electron chi connectivity index (χ0n) is 19.2. The summed E-state index contributed by atoms with van der Waals surface area (Å²) in [4.78, 5) is 22.1. The molecule has 0 aliphatic heterocycles. The minimum Gasteiger partial charge on any atom is -0.493 e. The van der Waals surface area contributed by atoms with E-state index in [4.69, 9.17) is 24.0 Å². The number of carboxylic acids is 1. The first-order valence-corrected chi connectivity index (χ1v) is 10.9. The number of rotatable bonds is 14. The molecule has 0 aliphatic carbocycles. The highest BCUT2D eigenvalue weighted by Crippen LogP contribution is 2.25. The molecule has 0 fully saturated rings. The lowest BCUT2D eigenvalue weighted by Gasteiger charge is -2.14. The molecule has 182 valence electrons. The van der Waals surface area contributed by atoms with Gasteiger partial charge >= 0.3 is 19.1 Å². The number of ether oxygens (including phenoxy) is 3. The van der Waals surface area contributed by atoms with Gasteiger partial charge in [0, 0.05) is 13.5 Å². The van der Waals surface area contributed by atoms with Crippen molar-refractivity contribution in [2.75, 3.05) is 26.9 Å². The van der Waals surface area contributed by atoms with E-state index in [2.05, 4.69) is 10.2 Å². The van der Waals surface area contributed by atoms with Gasteiger partial charge in [-0.2, -0.15) is 0 Å². The molecule has 10 heteroatoms. The van der Waals surface area contributed by atoms with Crippen LogP contribution in [0.1, 0.15) is 5.56 Å². The molecule has 0 amide bonds. The average Bonchev–Trinajstić information content (AvgIpc) is 2.87. The third-order valence-electron chi connectivity index (χ3n) is 4.67. The Morgan fingerprint density at radius 2 is 1.60 bits per heavy atom. The molecule has 3 aromatic carbocycles. The Labute approximate surface area is 203 Å². The lowest BCUT2D eigenvalue weighted by Crippen LogP contribution is -2.41. The fourth-order valence-electron chi connectivity index (χ4n) is 3.06. The number of esters is 1. The number of aliphatic carboxylic acids is 1. The number of hydroxylamine groups is 1. The summed E-state index contributed by atoms with van der Waals surface area (Å²) in [6, 6.07) is 24.4. The van der Waals surface area contributed by atoms with Gasteiger partial charge in [0.1, 0.15) is 23.9 Å². The van der Waals surface area contributed by atoms with Crippen molar-refractivity contribution in [2.45, 2.75) is 6.42 Å². The minimum absolute atomic E-state index is 0.441. The topological polar surface area (TPSA) is 113 Å². The van der Waals surface area contributed by atoms with Crippen molar-refractivity contribution in [3.63, 3.8) is 0 Å². The molecule has 2 N–H and O–H groups in total. The number of carbonyl (C=O) groups excluding carboxylic acids is 1. The van der Waals surface area contributed by atoms with Crippen molar-refractivity contribution < 1.29 is 38.3 Å². The second kappa shape index (κ2) is 13.8. The molecule has 0 saturated carbocycles. The van der Waals surface area contributed by atoms with Gasteiger partial charge in [0.05, 0.1) is 6.61 Å². The maximum Gasteiger partial charge on any atom is 0.511 e. The SMILES string of the molecule is CNOB(OCC(=O)OCC(=O)O)c1ccc(OCCc2ccccc2Oc2ccccc2)cc1. The maximum atomic E-state index is 11.6.